The molecule has 1 aliphatic carbocycles. The molecular formula is C99H61N5O. The number of ether oxygens (including phenoxy) is 1. The minimum Gasteiger partial charge on any atom is -0.457 e. The molecule has 19 aromatic rings. The van der Waals surface area contributed by atoms with Crippen molar-refractivity contribution in [3.8, 4) is 129 Å². The van der Waals surface area contributed by atoms with Crippen LogP contribution in [0.3, 0.4) is 0 Å². The first-order valence-electron chi connectivity index (χ1n) is 35.8. The summed E-state index contributed by atoms with van der Waals surface area (Å²) in [6, 6.07) is 134. The highest BCUT2D eigenvalue weighted by Gasteiger charge is 2.51. The van der Waals surface area contributed by atoms with E-state index in [0.29, 0.717) is 17.5 Å². The van der Waals surface area contributed by atoms with E-state index in [1.54, 1.807) is 0 Å². The molecule has 2 aromatic heterocycles. The van der Waals surface area contributed by atoms with Crippen LogP contribution in [0.4, 0.5) is 0 Å². The van der Waals surface area contributed by atoms with Crippen LogP contribution >= 0.6 is 0 Å². The molecule has 0 saturated carbocycles. The zero-order valence-electron chi connectivity index (χ0n) is 56.9. The maximum Gasteiger partial charge on any atom is 0.164 e. The topological polar surface area (TPSA) is 65.7 Å². The Bertz CT molecular complexity index is 6680. The lowest BCUT2D eigenvalue weighted by atomic mass is 9.65. The second-order valence-electron chi connectivity index (χ2n) is 27.5. The summed E-state index contributed by atoms with van der Waals surface area (Å²) < 4.78 is 9.33. The zero-order valence-corrected chi connectivity index (χ0v) is 56.9. The van der Waals surface area contributed by atoms with E-state index in [-0.39, 0.29) is 0 Å². The van der Waals surface area contributed by atoms with Gasteiger partial charge in [0.05, 0.1) is 16.4 Å². The van der Waals surface area contributed by atoms with Gasteiger partial charge in [0, 0.05) is 39.1 Å². The van der Waals surface area contributed by atoms with Crippen LogP contribution in [0.1, 0.15) is 22.3 Å². The van der Waals surface area contributed by atoms with Crippen LogP contribution < -0.4 is 4.74 Å². The van der Waals surface area contributed by atoms with Crippen LogP contribution in [0.2, 0.25) is 0 Å². The van der Waals surface area contributed by atoms with Gasteiger partial charge in [-0.2, -0.15) is 0 Å². The summed E-state index contributed by atoms with van der Waals surface area (Å²) in [6.07, 6.45) is 0. The molecule has 1 unspecified atom stereocenters. The van der Waals surface area contributed by atoms with Crippen LogP contribution in [-0.2, 0) is 5.41 Å². The summed E-state index contributed by atoms with van der Waals surface area (Å²) in [5, 5.41) is 9.79. The fourth-order valence-electron chi connectivity index (χ4n) is 16.8. The molecule has 6 nitrogen and oxygen atoms in total. The lowest BCUT2D eigenvalue weighted by Crippen LogP contribution is -2.32. The Balaban J connectivity index is 0.658. The highest BCUT2D eigenvalue weighted by Crippen LogP contribution is 2.63. The van der Waals surface area contributed by atoms with Crippen molar-refractivity contribution in [1.82, 2.24) is 24.5 Å². The first-order valence-corrected chi connectivity index (χ1v) is 35.8. The number of nitrogens with zero attached hydrogens (tertiary/aromatic N) is 5. The molecule has 3 heterocycles. The Morgan fingerprint density at radius 2 is 0.686 bits per heavy atom. The van der Waals surface area contributed by atoms with Crippen molar-refractivity contribution in [3.05, 3.63) is 392 Å². The Morgan fingerprint density at radius 3 is 1.37 bits per heavy atom. The van der Waals surface area contributed by atoms with E-state index in [9.17, 15) is 0 Å². The molecule has 2 aliphatic rings. The van der Waals surface area contributed by atoms with Gasteiger partial charge in [-0.05, 0) is 188 Å². The van der Waals surface area contributed by atoms with E-state index in [1.807, 2.05) is 60.7 Å². The lowest BCUT2D eigenvalue weighted by molar-refractivity contribution is 0.436. The van der Waals surface area contributed by atoms with Gasteiger partial charge in [0.1, 0.15) is 17.3 Å². The van der Waals surface area contributed by atoms with Gasteiger partial charge >= 0.3 is 0 Å². The Morgan fingerprint density at radius 1 is 0.238 bits per heavy atom. The number of hydrogen-bond donors (Lipinski definition) is 0. The van der Waals surface area contributed by atoms with Gasteiger partial charge in [0.15, 0.2) is 17.5 Å². The summed E-state index contributed by atoms with van der Waals surface area (Å²) in [4.78, 5) is 20.5. The molecule has 0 radical (unpaired) electrons. The predicted molar refractivity (Wildman–Crippen MR) is 431 cm³/mol. The largest absolute Gasteiger partial charge is 0.457 e. The third-order valence-electron chi connectivity index (χ3n) is 21.7. The normalized spacial score (nSPS) is 13.4. The van der Waals surface area contributed by atoms with E-state index in [2.05, 4.69) is 314 Å². The molecule has 1 spiro atoms. The van der Waals surface area contributed by atoms with Gasteiger partial charge in [-0.1, -0.05) is 303 Å². The first kappa shape index (κ1) is 59.9. The number of benzene rings is 17. The molecule has 1 aliphatic heterocycles. The molecule has 0 N–H and O–H groups in total. The van der Waals surface area contributed by atoms with Crippen LogP contribution in [-0.4, -0.2) is 24.5 Å². The maximum absolute atomic E-state index is 7.00. The van der Waals surface area contributed by atoms with Crippen molar-refractivity contribution in [1.29, 1.82) is 0 Å². The number of hydrogen-bond acceptors (Lipinski definition) is 5. The summed E-state index contributed by atoms with van der Waals surface area (Å²) in [5.74, 6) is 4.40. The molecule has 0 amide bonds. The highest BCUT2D eigenvalue weighted by atomic mass is 16.5. The lowest BCUT2D eigenvalue weighted by Gasteiger charge is -2.39. The summed E-state index contributed by atoms with van der Waals surface area (Å²) >= 11 is 0. The molecule has 0 saturated heterocycles. The molecule has 17 aromatic carbocycles. The number of rotatable bonds is 10. The maximum atomic E-state index is 7.00. The Labute approximate surface area is 606 Å². The monoisotopic (exact) mass is 1340 g/mol. The van der Waals surface area contributed by atoms with Crippen LogP contribution in [0.25, 0.3) is 172 Å². The predicted octanol–water partition coefficient (Wildman–Crippen LogP) is 25.3. The Hall–Kier alpha value is -13.9. The third kappa shape index (κ3) is 9.79. The average Bonchev–Trinajstić information content (AvgIpc) is 1.56. The fourth-order valence-corrected chi connectivity index (χ4v) is 16.8. The second-order valence-corrected chi connectivity index (χ2v) is 27.5. The smallest absolute Gasteiger partial charge is 0.164 e. The molecule has 1 atom stereocenters. The van der Waals surface area contributed by atoms with Gasteiger partial charge in [-0.3, -0.25) is 4.57 Å². The number of aromatic nitrogens is 5. The third-order valence-corrected chi connectivity index (χ3v) is 21.7. The first-order chi connectivity index (χ1) is 52.0. The van der Waals surface area contributed by atoms with Gasteiger partial charge < -0.3 is 4.74 Å². The van der Waals surface area contributed by atoms with Crippen LogP contribution in [0.5, 0.6) is 11.5 Å². The fraction of sp³-hybridized carbons (Fsp3) is 0.0101. The van der Waals surface area contributed by atoms with Crippen molar-refractivity contribution in [2.75, 3.05) is 0 Å². The number of fused-ring (bicyclic) bond motifs is 14. The Kier molecular flexibility index (Phi) is 13.8. The quantitative estimate of drug-likeness (QED) is 0.128. The van der Waals surface area contributed by atoms with Crippen molar-refractivity contribution in [2.24, 2.45) is 0 Å². The molecule has 0 fully saturated rings. The SMILES string of the molecule is c1ccc(-c2nc(-c3ccccc3)nc(-c3ccc(-c4ccc5c(c4)C4(c6ccccc6O5)c5ccccc5-c5ccc(-c6cccc(-n7c(-c8ccc(-c9ccc%10c(-c%11ccc%12ccccc%12c%11)c%11ccccc%11c(-c%11ccc%12ccccc%12c%11)c%10c9)cc8)nc8ccccc87)c6)cc54)cc3)n2)cc1. The standard InChI is InChI=1S/C99H61N5O/c1-3-22-66(23-4-1)95-101-96(67-24-5-2-6-25-67)103-97(102-95)68-44-38-65(39-45-68)74-52-55-92-88(61-74)99(86-34-15-18-37-91(86)105-92)85-33-14-13-30-79(85)80-53-50-75(60-87(80)99)72-28-19-29-78(58-72)104-90-36-17-16-35-89(90)100-98(104)69-46-40-64(41-47-69)73-51-54-83-84(59-73)94(77-49-43-63-21-8-10-27-71(63)57-77)82-32-12-11-31-81(82)93(83)76-48-42-62-20-7-9-26-70(62)56-76/h1-61H. The summed E-state index contributed by atoms with van der Waals surface area (Å²) in [6.45, 7) is 0. The van der Waals surface area contributed by atoms with Gasteiger partial charge in [0.25, 0.3) is 0 Å². The minimum absolute atomic E-state index is 0.611. The van der Waals surface area contributed by atoms with E-state index >= 15 is 0 Å². The van der Waals surface area contributed by atoms with E-state index in [4.69, 9.17) is 24.7 Å². The van der Waals surface area contributed by atoms with Crippen molar-refractivity contribution in [3.63, 3.8) is 0 Å². The molecule has 105 heavy (non-hydrogen) atoms. The molecule has 488 valence electrons. The summed E-state index contributed by atoms with van der Waals surface area (Å²) in [7, 11) is 0. The van der Waals surface area contributed by atoms with Crippen molar-refractivity contribution >= 4 is 54.1 Å². The molecular weight excluding hydrogens is 1280 g/mol. The van der Waals surface area contributed by atoms with Gasteiger partial charge in [0.2, 0.25) is 0 Å². The number of imidazole rings is 1. The minimum atomic E-state index is -0.728. The highest BCUT2D eigenvalue weighted by molar-refractivity contribution is 6.23. The molecule has 21 rings (SSSR count). The van der Waals surface area contributed by atoms with E-state index < -0.39 is 5.41 Å². The molecule has 6 heteroatoms. The van der Waals surface area contributed by atoms with Crippen molar-refractivity contribution < 1.29 is 4.74 Å². The average molecular weight is 1340 g/mol. The van der Waals surface area contributed by atoms with E-state index in [1.165, 1.54) is 87.6 Å². The van der Waals surface area contributed by atoms with Gasteiger partial charge in [-0.25, -0.2) is 19.9 Å². The number of para-hydroxylation sites is 3. The second kappa shape index (κ2) is 24.1. The van der Waals surface area contributed by atoms with Crippen molar-refractivity contribution in [2.45, 2.75) is 5.41 Å². The summed E-state index contributed by atoms with van der Waals surface area (Å²) in [5.41, 5.74) is 24.5. The zero-order chi connectivity index (χ0) is 69.1. The van der Waals surface area contributed by atoms with Crippen LogP contribution in [0.15, 0.2) is 370 Å². The molecule has 0 bridgehead atoms. The van der Waals surface area contributed by atoms with Crippen LogP contribution in [0, 0.1) is 0 Å². The van der Waals surface area contributed by atoms with Gasteiger partial charge in [-0.15, -0.1) is 0 Å². The van der Waals surface area contributed by atoms with E-state index in [0.717, 1.165) is 101 Å².